The summed E-state index contributed by atoms with van der Waals surface area (Å²) < 4.78 is 2.32. The molecular weight excluding hydrogens is 422 g/mol. The highest BCUT2D eigenvalue weighted by atomic mass is 16.3. The van der Waals surface area contributed by atoms with Crippen molar-refractivity contribution in [3.63, 3.8) is 0 Å². The van der Waals surface area contributed by atoms with Gasteiger partial charge in [0.05, 0.1) is 22.5 Å². The van der Waals surface area contributed by atoms with Crippen LogP contribution in [0.15, 0.2) is 60.9 Å². The molecular formula is C29H35N3O2. The minimum atomic E-state index is -0.579. The molecule has 1 saturated carbocycles. The van der Waals surface area contributed by atoms with Gasteiger partial charge < -0.3 is 15.0 Å². The Hall–Kier alpha value is -2.92. The largest absolute Gasteiger partial charge is 0.390 e. The number of aromatic nitrogens is 2. The van der Waals surface area contributed by atoms with Crippen LogP contribution in [0.4, 0.5) is 5.69 Å². The highest BCUT2D eigenvalue weighted by Gasteiger charge is 2.50. The summed E-state index contributed by atoms with van der Waals surface area (Å²) in [6.07, 6.45) is 10.2. The van der Waals surface area contributed by atoms with E-state index in [4.69, 9.17) is 0 Å². The van der Waals surface area contributed by atoms with Crippen molar-refractivity contribution in [3.05, 3.63) is 83.4 Å². The van der Waals surface area contributed by atoms with E-state index in [0.29, 0.717) is 11.5 Å². The molecule has 2 aliphatic rings. The van der Waals surface area contributed by atoms with E-state index in [2.05, 4.69) is 58.2 Å². The Kier molecular flexibility index (Phi) is 6.07. The monoisotopic (exact) mass is 457 g/mol. The van der Waals surface area contributed by atoms with Crippen molar-refractivity contribution in [2.45, 2.75) is 76.4 Å². The molecule has 34 heavy (non-hydrogen) atoms. The molecule has 1 amide bonds. The number of nitrogens with zero attached hydrogens (tertiary/aromatic N) is 2. The van der Waals surface area contributed by atoms with Crippen molar-refractivity contribution in [2.24, 2.45) is 5.92 Å². The molecule has 3 aromatic rings. The Bertz CT molecular complexity index is 1170. The van der Waals surface area contributed by atoms with Gasteiger partial charge in [-0.1, -0.05) is 37.3 Å². The first-order valence-corrected chi connectivity index (χ1v) is 12.6. The first-order chi connectivity index (χ1) is 16.4. The van der Waals surface area contributed by atoms with E-state index in [1.807, 2.05) is 25.3 Å². The molecule has 2 N–H and O–H groups in total. The average Bonchev–Trinajstić information content (AvgIpc) is 3.22. The van der Waals surface area contributed by atoms with Crippen LogP contribution in [-0.4, -0.2) is 26.2 Å². The van der Waals surface area contributed by atoms with E-state index in [1.165, 1.54) is 11.3 Å². The molecule has 0 saturated heterocycles. The number of anilines is 1. The predicted molar refractivity (Wildman–Crippen MR) is 135 cm³/mol. The maximum absolute atomic E-state index is 13.2. The van der Waals surface area contributed by atoms with Crippen molar-refractivity contribution >= 4 is 11.6 Å². The van der Waals surface area contributed by atoms with Gasteiger partial charge in [0, 0.05) is 30.0 Å². The average molecular weight is 458 g/mol. The van der Waals surface area contributed by atoms with Crippen molar-refractivity contribution in [1.82, 2.24) is 9.55 Å². The van der Waals surface area contributed by atoms with Gasteiger partial charge in [0.1, 0.15) is 0 Å². The zero-order chi connectivity index (χ0) is 23.8. The van der Waals surface area contributed by atoms with E-state index in [-0.39, 0.29) is 11.3 Å². The fraction of sp³-hybridized carbons (Fsp3) is 0.448. The second-order valence-corrected chi connectivity index (χ2v) is 10.3. The normalized spacial score (nSPS) is 26.3. The summed E-state index contributed by atoms with van der Waals surface area (Å²) in [5.74, 6) is 0.294. The van der Waals surface area contributed by atoms with Gasteiger partial charge in [-0.3, -0.25) is 9.78 Å². The van der Waals surface area contributed by atoms with Gasteiger partial charge in [-0.05, 0) is 81.5 Å². The lowest BCUT2D eigenvalue weighted by Crippen LogP contribution is -2.49. The SMILES string of the molecule is CC[C@]1(O)CC[C@]2(Cc3ccccc3)c3cc(C(=O)Nc4cccnc4C)cn3CCC[C@@H]2C1. The fourth-order valence-corrected chi connectivity index (χ4v) is 6.30. The van der Waals surface area contributed by atoms with Crippen molar-refractivity contribution in [1.29, 1.82) is 0 Å². The van der Waals surface area contributed by atoms with Crippen LogP contribution in [0.1, 0.15) is 72.8 Å². The van der Waals surface area contributed by atoms with E-state index in [1.54, 1.807) is 6.20 Å². The Morgan fingerprint density at radius 3 is 2.79 bits per heavy atom. The number of hydrogen-bond donors (Lipinski definition) is 2. The van der Waals surface area contributed by atoms with Gasteiger partial charge in [0.15, 0.2) is 0 Å². The number of aryl methyl sites for hydroxylation is 2. The fourth-order valence-electron chi connectivity index (χ4n) is 6.30. The van der Waals surface area contributed by atoms with Crippen molar-refractivity contribution < 1.29 is 9.90 Å². The van der Waals surface area contributed by atoms with E-state index < -0.39 is 5.60 Å². The topological polar surface area (TPSA) is 67.2 Å². The Morgan fingerprint density at radius 2 is 2.03 bits per heavy atom. The summed E-state index contributed by atoms with van der Waals surface area (Å²) in [5, 5.41) is 14.3. The van der Waals surface area contributed by atoms with Crippen LogP contribution in [-0.2, 0) is 18.4 Å². The second kappa shape index (κ2) is 9.03. The van der Waals surface area contributed by atoms with Crippen LogP contribution < -0.4 is 5.32 Å². The lowest BCUT2D eigenvalue weighted by molar-refractivity contribution is -0.0502. The number of carbonyl (C=O) groups is 1. The number of benzene rings is 1. The molecule has 1 aliphatic carbocycles. The van der Waals surface area contributed by atoms with Crippen molar-refractivity contribution in [3.8, 4) is 0 Å². The third-order valence-corrected chi connectivity index (χ3v) is 8.34. The molecule has 3 heterocycles. The summed E-state index contributed by atoms with van der Waals surface area (Å²) in [4.78, 5) is 17.5. The van der Waals surface area contributed by atoms with Gasteiger partial charge in [-0.25, -0.2) is 0 Å². The molecule has 0 radical (unpaired) electrons. The van der Waals surface area contributed by atoms with Crippen molar-refractivity contribution in [2.75, 3.05) is 5.32 Å². The Labute approximate surface area is 202 Å². The number of hydrogen-bond acceptors (Lipinski definition) is 3. The first kappa shape index (κ1) is 22.9. The minimum Gasteiger partial charge on any atom is -0.390 e. The predicted octanol–water partition coefficient (Wildman–Crippen LogP) is 5.66. The summed E-state index contributed by atoms with van der Waals surface area (Å²) in [7, 11) is 0. The lowest BCUT2D eigenvalue weighted by Gasteiger charge is -2.49. The molecule has 2 aromatic heterocycles. The number of amides is 1. The molecule has 5 rings (SSSR count). The molecule has 5 nitrogen and oxygen atoms in total. The summed E-state index contributed by atoms with van der Waals surface area (Å²) in [5.41, 5.74) is 4.17. The maximum Gasteiger partial charge on any atom is 0.257 e. The molecule has 0 spiro atoms. The lowest BCUT2D eigenvalue weighted by atomic mass is 9.57. The quantitative estimate of drug-likeness (QED) is 0.520. The number of fused-ring (bicyclic) bond motifs is 3. The van der Waals surface area contributed by atoms with Crippen LogP contribution in [0.5, 0.6) is 0 Å². The van der Waals surface area contributed by atoms with Gasteiger partial charge in [0.2, 0.25) is 0 Å². The first-order valence-electron chi connectivity index (χ1n) is 12.6. The number of rotatable bonds is 5. The standard InChI is InChI=1S/C29H35N3O2/c1-3-28(34)13-14-29(18-22-9-5-4-6-10-22)24(19-28)11-8-16-32-20-23(17-26(29)32)27(33)31-25-12-7-15-30-21(25)2/h4-7,9-10,12,15,17,20,24,34H,3,8,11,13-14,16,18-19H2,1-2H3,(H,31,33)/t24-,28+,29-/m1/s1. The Balaban J connectivity index is 1.54. The summed E-state index contributed by atoms with van der Waals surface area (Å²) in [6.45, 7) is 4.92. The maximum atomic E-state index is 13.2. The summed E-state index contributed by atoms with van der Waals surface area (Å²) >= 11 is 0. The van der Waals surface area contributed by atoms with Crippen LogP contribution in [0.3, 0.4) is 0 Å². The van der Waals surface area contributed by atoms with Crippen LogP contribution in [0.2, 0.25) is 0 Å². The zero-order valence-electron chi connectivity index (χ0n) is 20.3. The van der Waals surface area contributed by atoms with Crippen LogP contribution in [0.25, 0.3) is 0 Å². The number of pyridine rings is 1. The van der Waals surface area contributed by atoms with Gasteiger partial charge in [-0.15, -0.1) is 0 Å². The number of carbonyl (C=O) groups excluding carboxylic acids is 1. The molecule has 3 atom stereocenters. The second-order valence-electron chi connectivity index (χ2n) is 10.3. The smallest absolute Gasteiger partial charge is 0.257 e. The molecule has 0 bridgehead atoms. The molecule has 1 aliphatic heterocycles. The van der Waals surface area contributed by atoms with Gasteiger partial charge in [0.25, 0.3) is 5.91 Å². The molecule has 1 fully saturated rings. The minimum absolute atomic E-state index is 0.0813. The van der Waals surface area contributed by atoms with E-state index >= 15 is 0 Å². The number of nitrogens with one attached hydrogen (secondary N) is 1. The molecule has 1 aromatic carbocycles. The van der Waals surface area contributed by atoms with E-state index in [9.17, 15) is 9.90 Å². The van der Waals surface area contributed by atoms with E-state index in [0.717, 1.165) is 62.9 Å². The number of aliphatic hydroxyl groups is 1. The zero-order valence-corrected chi connectivity index (χ0v) is 20.3. The Morgan fingerprint density at radius 1 is 1.21 bits per heavy atom. The van der Waals surface area contributed by atoms with Crippen LogP contribution in [0, 0.1) is 12.8 Å². The van der Waals surface area contributed by atoms with Gasteiger partial charge in [-0.2, -0.15) is 0 Å². The third-order valence-electron chi connectivity index (χ3n) is 8.34. The molecule has 0 unspecified atom stereocenters. The molecule has 178 valence electrons. The summed E-state index contributed by atoms with van der Waals surface area (Å²) in [6, 6.07) is 16.6. The highest BCUT2D eigenvalue weighted by Crippen LogP contribution is 2.53. The van der Waals surface area contributed by atoms with Gasteiger partial charge >= 0.3 is 0 Å². The van der Waals surface area contributed by atoms with Crippen LogP contribution >= 0.6 is 0 Å². The highest BCUT2D eigenvalue weighted by molar-refractivity contribution is 6.04. The third kappa shape index (κ3) is 4.18. The molecule has 5 heteroatoms.